The van der Waals surface area contributed by atoms with E-state index < -0.39 is 23.2 Å². The number of ether oxygens (including phenoxy) is 1. The van der Waals surface area contributed by atoms with Crippen molar-refractivity contribution in [3.05, 3.63) is 29.3 Å². The molecule has 1 aliphatic rings. The monoisotopic (exact) mass is 288 g/mol. The summed E-state index contributed by atoms with van der Waals surface area (Å²) in [6.45, 7) is 0. The van der Waals surface area contributed by atoms with Crippen LogP contribution in [0.1, 0.15) is 41.6 Å². The molecule has 7 heteroatoms. The standard InChI is InChI=1S/C13H15F3N2O2/c14-13(15,16)11-6-5-9(7-10(11)12(19)18-17)20-8-3-1-2-4-8/h5-8H,1-4,17H2,(H,18,19). The van der Waals surface area contributed by atoms with Gasteiger partial charge in [-0.3, -0.25) is 10.2 Å². The first kappa shape index (κ1) is 14.6. The lowest BCUT2D eigenvalue weighted by atomic mass is 10.1. The van der Waals surface area contributed by atoms with Crippen LogP contribution in [0, 0.1) is 0 Å². The van der Waals surface area contributed by atoms with E-state index in [1.54, 1.807) is 5.43 Å². The molecule has 1 aromatic rings. The molecule has 0 saturated heterocycles. The summed E-state index contributed by atoms with van der Waals surface area (Å²) >= 11 is 0. The molecule has 1 amide bonds. The van der Waals surface area contributed by atoms with Gasteiger partial charge in [0, 0.05) is 0 Å². The summed E-state index contributed by atoms with van der Waals surface area (Å²) in [6, 6.07) is 3.16. The third-order valence-corrected chi connectivity index (χ3v) is 3.28. The Labute approximate surface area is 114 Å². The van der Waals surface area contributed by atoms with Gasteiger partial charge in [0.15, 0.2) is 0 Å². The van der Waals surface area contributed by atoms with Crippen molar-refractivity contribution in [3.63, 3.8) is 0 Å². The van der Waals surface area contributed by atoms with Crippen LogP contribution in [0.15, 0.2) is 18.2 Å². The van der Waals surface area contributed by atoms with E-state index in [1.807, 2.05) is 0 Å². The summed E-state index contributed by atoms with van der Waals surface area (Å²) in [5.74, 6) is 4.18. The van der Waals surface area contributed by atoms with Gasteiger partial charge in [-0.2, -0.15) is 13.2 Å². The third-order valence-electron chi connectivity index (χ3n) is 3.28. The molecule has 0 aliphatic heterocycles. The first-order valence-corrected chi connectivity index (χ1v) is 6.30. The van der Waals surface area contributed by atoms with Gasteiger partial charge in [-0.15, -0.1) is 0 Å². The average Bonchev–Trinajstić information content (AvgIpc) is 2.89. The number of nitrogens with two attached hydrogens (primary N) is 1. The Kier molecular flexibility index (Phi) is 4.17. The van der Waals surface area contributed by atoms with Gasteiger partial charge in [-0.25, -0.2) is 5.84 Å². The van der Waals surface area contributed by atoms with Crippen LogP contribution < -0.4 is 16.0 Å². The molecule has 0 unspecified atom stereocenters. The predicted molar refractivity (Wildman–Crippen MR) is 66.0 cm³/mol. The molecule has 110 valence electrons. The summed E-state index contributed by atoms with van der Waals surface area (Å²) in [4.78, 5) is 11.5. The molecule has 2 rings (SSSR count). The number of carbonyl (C=O) groups is 1. The van der Waals surface area contributed by atoms with Crippen LogP contribution in [0.2, 0.25) is 0 Å². The van der Waals surface area contributed by atoms with E-state index in [1.165, 1.54) is 6.07 Å². The maximum Gasteiger partial charge on any atom is 0.417 e. The van der Waals surface area contributed by atoms with Crippen LogP contribution in [-0.4, -0.2) is 12.0 Å². The Balaban J connectivity index is 2.30. The number of hydrazine groups is 1. The van der Waals surface area contributed by atoms with Crippen molar-refractivity contribution in [3.8, 4) is 5.75 Å². The summed E-state index contributed by atoms with van der Waals surface area (Å²) in [5.41, 5.74) is 0.160. The molecule has 20 heavy (non-hydrogen) atoms. The number of hydrogen-bond acceptors (Lipinski definition) is 3. The highest BCUT2D eigenvalue weighted by atomic mass is 19.4. The minimum absolute atomic E-state index is 0.000486. The zero-order chi connectivity index (χ0) is 14.8. The van der Waals surface area contributed by atoms with Gasteiger partial charge in [-0.05, 0) is 43.9 Å². The van der Waals surface area contributed by atoms with Crippen molar-refractivity contribution in [1.29, 1.82) is 0 Å². The first-order chi connectivity index (χ1) is 9.41. The highest BCUT2D eigenvalue weighted by Gasteiger charge is 2.35. The van der Waals surface area contributed by atoms with Crippen molar-refractivity contribution in [2.24, 2.45) is 5.84 Å². The van der Waals surface area contributed by atoms with Crippen LogP contribution in [0.5, 0.6) is 5.75 Å². The minimum Gasteiger partial charge on any atom is -0.490 e. The van der Waals surface area contributed by atoms with Gasteiger partial charge >= 0.3 is 6.18 Å². The van der Waals surface area contributed by atoms with Gasteiger partial charge in [0.2, 0.25) is 0 Å². The average molecular weight is 288 g/mol. The molecule has 0 aromatic heterocycles. The summed E-state index contributed by atoms with van der Waals surface area (Å²) < 4.78 is 44.1. The predicted octanol–water partition coefficient (Wildman–Crippen LogP) is 2.63. The Morgan fingerprint density at radius 2 is 1.95 bits per heavy atom. The van der Waals surface area contributed by atoms with E-state index >= 15 is 0 Å². The largest absolute Gasteiger partial charge is 0.490 e. The van der Waals surface area contributed by atoms with E-state index in [-0.39, 0.29) is 11.9 Å². The normalized spacial score (nSPS) is 16.2. The van der Waals surface area contributed by atoms with Gasteiger partial charge in [-0.1, -0.05) is 0 Å². The minimum atomic E-state index is -4.62. The second-order valence-corrected chi connectivity index (χ2v) is 4.70. The number of nitrogen functional groups attached to an aromatic ring is 1. The molecular formula is C13H15F3N2O2. The second kappa shape index (κ2) is 5.70. The fourth-order valence-electron chi connectivity index (χ4n) is 2.31. The molecule has 1 fully saturated rings. The van der Waals surface area contributed by atoms with Gasteiger partial charge < -0.3 is 4.74 Å². The summed E-state index contributed by atoms with van der Waals surface area (Å²) in [7, 11) is 0. The number of nitrogens with one attached hydrogen (secondary N) is 1. The molecule has 0 radical (unpaired) electrons. The van der Waals surface area contributed by atoms with E-state index in [0.717, 1.165) is 37.8 Å². The van der Waals surface area contributed by atoms with Crippen molar-refractivity contribution in [2.75, 3.05) is 0 Å². The van der Waals surface area contributed by atoms with E-state index in [0.29, 0.717) is 0 Å². The Hall–Kier alpha value is -1.76. The zero-order valence-corrected chi connectivity index (χ0v) is 10.7. The van der Waals surface area contributed by atoms with Gasteiger partial charge in [0.05, 0.1) is 17.2 Å². The molecule has 3 N–H and O–H groups in total. The van der Waals surface area contributed by atoms with Crippen LogP contribution in [0.4, 0.5) is 13.2 Å². The van der Waals surface area contributed by atoms with Gasteiger partial charge in [0.25, 0.3) is 5.91 Å². The summed E-state index contributed by atoms with van der Waals surface area (Å²) in [5, 5.41) is 0. The van der Waals surface area contributed by atoms with Crippen LogP contribution in [0.25, 0.3) is 0 Å². The Morgan fingerprint density at radius 3 is 2.50 bits per heavy atom. The lowest BCUT2D eigenvalue weighted by Crippen LogP contribution is -2.32. The topological polar surface area (TPSA) is 64.3 Å². The lowest BCUT2D eigenvalue weighted by molar-refractivity contribution is -0.137. The van der Waals surface area contributed by atoms with Crippen molar-refractivity contribution < 1.29 is 22.7 Å². The number of hydrogen-bond donors (Lipinski definition) is 2. The molecule has 4 nitrogen and oxygen atoms in total. The number of alkyl halides is 3. The lowest BCUT2D eigenvalue weighted by Gasteiger charge is -2.16. The number of rotatable bonds is 3. The quantitative estimate of drug-likeness (QED) is 0.510. The van der Waals surface area contributed by atoms with Crippen molar-refractivity contribution in [2.45, 2.75) is 38.0 Å². The fraction of sp³-hybridized carbons (Fsp3) is 0.462. The number of halogens is 3. The third kappa shape index (κ3) is 3.22. The number of benzene rings is 1. The molecule has 1 aliphatic carbocycles. The Bertz CT molecular complexity index is 497. The van der Waals surface area contributed by atoms with Crippen molar-refractivity contribution >= 4 is 5.91 Å². The molecular weight excluding hydrogens is 273 g/mol. The molecule has 1 saturated carbocycles. The van der Waals surface area contributed by atoms with Crippen molar-refractivity contribution in [1.82, 2.24) is 5.43 Å². The molecule has 0 spiro atoms. The molecule has 1 aromatic carbocycles. The Morgan fingerprint density at radius 1 is 1.30 bits per heavy atom. The molecule has 0 atom stereocenters. The van der Waals surface area contributed by atoms with Crippen LogP contribution in [-0.2, 0) is 6.18 Å². The molecule has 0 heterocycles. The van der Waals surface area contributed by atoms with E-state index in [2.05, 4.69) is 0 Å². The van der Waals surface area contributed by atoms with Crippen LogP contribution >= 0.6 is 0 Å². The highest BCUT2D eigenvalue weighted by molar-refractivity contribution is 5.95. The second-order valence-electron chi connectivity index (χ2n) is 4.70. The number of amides is 1. The highest BCUT2D eigenvalue weighted by Crippen LogP contribution is 2.34. The van der Waals surface area contributed by atoms with E-state index in [4.69, 9.17) is 10.6 Å². The fourth-order valence-corrected chi connectivity index (χ4v) is 2.31. The molecule has 0 bridgehead atoms. The zero-order valence-electron chi connectivity index (χ0n) is 10.7. The summed E-state index contributed by atoms with van der Waals surface area (Å²) in [6.07, 6.45) is -0.782. The first-order valence-electron chi connectivity index (χ1n) is 6.30. The maximum absolute atomic E-state index is 12.8. The van der Waals surface area contributed by atoms with Gasteiger partial charge in [0.1, 0.15) is 5.75 Å². The maximum atomic E-state index is 12.8. The smallest absolute Gasteiger partial charge is 0.417 e. The SMILES string of the molecule is NNC(=O)c1cc(OC2CCCC2)ccc1C(F)(F)F. The van der Waals surface area contributed by atoms with Crippen LogP contribution in [0.3, 0.4) is 0 Å². The number of carbonyl (C=O) groups excluding carboxylic acids is 1. The van der Waals surface area contributed by atoms with E-state index in [9.17, 15) is 18.0 Å².